The first kappa shape index (κ1) is 15.0. The maximum Gasteiger partial charge on any atom is 0.0698 e. The van der Waals surface area contributed by atoms with E-state index in [-0.39, 0.29) is 0 Å². The van der Waals surface area contributed by atoms with E-state index in [0.717, 1.165) is 13.1 Å². The molecule has 1 aromatic carbocycles. The molecule has 3 heteroatoms. The van der Waals surface area contributed by atoms with Crippen LogP contribution in [0.15, 0.2) is 24.3 Å². The summed E-state index contributed by atoms with van der Waals surface area (Å²) in [6, 6.07) is 10.0. The molecule has 3 nitrogen and oxygen atoms in total. The van der Waals surface area contributed by atoms with Gasteiger partial charge in [0.15, 0.2) is 0 Å². The standard InChI is InChI=1S/C18H28N2O/c1-3-10-19-18-16-9-5-4-7-14(16)12-17(18)20-11-6-8-15(13-20)21-2/h4-5,7,9,15,17-19H,3,6,8,10-13H2,1-2H3. The van der Waals surface area contributed by atoms with Crippen molar-refractivity contribution < 1.29 is 4.74 Å². The molecule has 0 radical (unpaired) electrons. The highest BCUT2D eigenvalue weighted by Gasteiger charge is 2.37. The molecule has 21 heavy (non-hydrogen) atoms. The van der Waals surface area contributed by atoms with E-state index in [9.17, 15) is 0 Å². The Morgan fingerprint density at radius 1 is 1.33 bits per heavy atom. The Labute approximate surface area is 128 Å². The largest absolute Gasteiger partial charge is 0.380 e. The maximum absolute atomic E-state index is 5.61. The third-order valence-corrected chi connectivity index (χ3v) is 5.03. The molecule has 3 atom stereocenters. The molecule has 1 heterocycles. The number of benzene rings is 1. The molecule has 1 aromatic rings. The molecule has 1 fully saturated rings. The van der Waals surface area contributed by atoms with E-state index in [4.69, 9.17) is 4.74 Å². The van der Waals surface area contributed by atoms with Crippen LogP contribution in [-0.2, 0) is 11.2 Å². The molecule has 0 bridgehead atoms. The zero-order valence-corrected chi connectivity index (χ0v) is 13.3. The van der Waals surface area contributed by atoms with Gasteiger partial charge in [0.25, 0.3) is 0 Å². The smallest absolute Gasteiger partial charge is 0.0698 e. The molecular weight excluding hydrogens is 260 g/mol. The molecule has 3 unspecified atom stereocenters. The Balaban J connectivity index is 1.77. The number of methoxy groups -OCH3 is 1. The highest BCUT2D eigenvalue weighted by molar-refractivity contribution is 5.37. The second-order valence-electron chi connectivity index (χ2n) is 6.40. The third kappa shape index (κ3) is 3.15. The highest BCUT2D eigenvalue weighted by atomic mass is 16.5. The Morgan fingerprint density at radius 3 is 3.00 bits per heavy atom. The molecule has 116 valence electrons. The fourth-order valence-corrected chi connectivity index (χ4v) is 3.92. The van der Waals surface area contributed by atoms with Gasteiger partial charge in [-0.05, 0) is 49.9 Å². The van der Waals surface area contributed by atoms with Crippen molar-refractivity contribution in [1.82, 2.24) is 10.2 Å². The molecular formula is C18H28N2O. The van der Waals surface area contributed by atoms with Gasteiger partial charge < -0.3 is 10.1 Å². The number of piperidine rings is 1. The van der Waals surface area contributed by atoms with Crippen molar-refractivity contribution in [3.8, 4) is 0 Å². The molecule has 1 saturated heterocycles. The average Bonchev–Trinajstić information content (AvgIpc) is 2.91. The number of rotatable bonds is 5. The van der Waals surface area contributed by atoms with Crippen molar-refractivity contribution in [2.45, 2.75) is 50.8 Å². The van der Waals surface area contributed by atoms with Crippen molar-refractivity contribution in [3.63, 3.8) is 0 Å². The van der Waals surface area contributed by atoms with Gasteiger partial charge in [0.1, 0.15) is 0 Å². The zero-order valence-electron chi connectivity index (χ0n) is 13.3. The Hall–Kier alpha value is -0.900. The number of nitrogens with zero attached hydrogens (tertiary/aromatic N) is 1. The van der Waals surface area contributed by atoms with Gasteiger partial charge in [-0.15, -0.1) is 0 Å². The molecule has 1 aliphatic carbocycles. The average molecular weight is 288 g/mol. The van der Waals surface area contributed by atoms with Gasteiger partial charge in [0, 0.05) is 25.7 Å². The van der Waals surface area contributed by atoms with Gasteiger partial charge >= 0.3 is 0 Å². The number of fused-ring (bicyclic) bond motifs is 1. The molecule has 0 aromatic heterocycles. The van der Waals surface area contributed by atoms with E-state index in [1.54, 1.807) is 0 Å². The molecule has 3 rings (SSSR count). The van der Waals surface area contributed by atoms with Crippen LogP contribution in [0.3, 0.4) is 0 Å². The van der Waals surface area contributed by atoms with Crippen LogP contribution in [-0.4, -0.2) is 43.8 Å². The van der Waals surface area contributed by atoms with Crippen LogP contribution in [0.2, 0.25) is 0 Å². The van der Waals surface area contributed by atoms with Gasteiger partial charge in [-0.2, -0.15) is 0 Å². The number of ether oxygens (including phenoxy) is 1. The number of hydrogen-bond acceptors (Lipinski definition) is 3. The first-order valence-electron chi connectivity index (χ1n) is 8.41. The minimum absolute atomic E-state index is 0.411. The summed E-state index contributed by atoms with van der Waals surface area (Å²) in [5, 5.41) is 3.79. The lowest BCUT2D eigenvalue weighted by atomic mass is 10.0. The summed E-state index contributed by atoms with van der Waals surface area (Å²) in [4.78, 5) is 2.66. The van der Waals surface area contributed by atoms with Crippen LogP contribution >= 0.6 is 0 Å². The topological polar surface area (TPSA) is 24.5 Å². The van der Waals surface area contributed by atoms with Crippen molar-refractivity contribution in [3.05, 3.63) is 35.4 Å². The van der Waals surface area contributed by atoms with Gasteiger partial charge in [-0.25, -0.2) is 0 Å². The van der Waals surface area contributed by atoms with Crippen molar-refractivity contribution >= 4 is 0 Å². The van der Waals surface area contributed by atoms with Crippen molar-refractivity contribution in [1.29, 1.82) is 0 Å². The van der Waals surface area contributed by atoms with E-state index in [1.807, 2.05) is 7.11 Å². The van der Waals surface area contributed by atoms with Crippen LogP contribution in [0.5, 0.6) is 0 Å². The van der Waals surface area contributed by atoms with Gasteiger partial charge in [-0.1, -0.05) is 31.2 Å². The first-order chi connectivity index (χ1) is 10.3. The molecule has 0 spiro atoms. The summed E-state index contributed by atoms with van der Waals surface area (Å²) in [7, 11) is 1.85. The summed E-state index contributed by atoms with van der Waals surface area (Å²) >= 11 is 0. The zero-order chi connectivity index (χ0) is 14.7. The summed E-state index contributed by atoms with van der Waals surface area (Å²) in [6.07, 6.45) is 5.24. The molecule has 1 aliphatic heterocycles. The maximum atomic E-state index is 5.61. The lowest BCUT2D eigenvalue weighted by Gasteiger charge is -2.39. The van der Waals surface area contributed by atoms with E-state index >= 15 is 0 Å². The lowest BCUT2D eigenvalue weighted by Crippen LogP contribution is -2.49. The quantitative estimate of drug-likeness (QED) is 0.901. The first-order valence-corrected chi connectivity index (χ1v) is 8.41. The van der Waals surface area contributed by atoms with Crippen LogP contribution in [0.25, 0.3) is 0 Å². The van der Waals surface area contributed by atoms with E-state index in [1.165, 1.54) is 43.4 Å². The Kier molecular flexibility index (Phi) is 4.94. The number of likely N-dealkylation sites (tertiary alicyclic amines) is 1. The Bertz CT molecular complexity index is 462. The van der Waals surface area contributed by atoms with E-state index in [2.05, 4.69) is 41.4 Å². The molecule has 2 aliphatic rings. The molecule has 0 amide bonds. The summed E-state index contributed by atoms with van der Waals surface area (Å²) in [6.45, 7) is 5.63. The summed E-state index contributed by atoms with van der Waals surface area (Å²) in [5.41, 5.74) is 3.03. The SMILES string of the molecule is CCCNC1c2ccccc2CC1N1CCCC(OC)C1. The van der Waals surface area contributed by atoms with Gasteiger partial charge in [0.05, 0.1) is 6.10 Å². The van der Waals surface area contributed by atoms with Crippen LogP contribution < -0.4 is 5.32 Å². The predicted octanol–water partition coefficient (Wildman–Crippen LogP) is 2.76. The van der Waals surface area contributed by atoms with E-state index < -0.39 is 0 Å². The minimum atomic E-state index is 0.411. The second kappa shape index (κ2) is 6.91. The van der Waals surface area contributed by atoms with E-state index in [0.29, 0.717) is 18.2 Å². The summed E-state index contributed by atoms with van der Waals surface area (Å²) in [5.74, 6) is 0. The third-order valence-electron chi connectivity index (χ3n) is 5.03. The predicted molar refractivity (Wildman–Crippen MR) is 86.6 cm³/mol. The molecule has 1 N–H and O–H groups in total. The van der Waals surface area contributed by atoms with Crippen LogP contribution in [0, 0.1) is 0 Å². The fraction of sp³-hybridized carbons (Fsp3) is 0.667. The fourth-order valence-electron chi connectivity index (χ4n) is 3.92. The monoisotopic (exact) mass is 288 g/mol. The minimum Gasteiger partial charge on any atom is -0.380 e. The van der Waals surface area contributed by atoms with Gasteiger partial charge in [-0.3, -0.25) is 4.90 Å². The number of nitrogens with one attached hydrogen (secondary N) is 1. The second-order valence-corrected chi connectivity index (χ2v) is 6.40. The normalized spacial score (nSPS) is 29.5. The van der Waals surface area contributed by atoms with Crippen molar-refractivity contribution in [2.75, 3.05) is 26.7 Å². The van der Waals surface area contributed by atoms with Crippen LogP contribution in [0.4, 0.5) is 0 Å². The Morgan fingerprint density at radius 2 is 2.19 bits per heavy atom. The summed E-state index contributed by atoms with van der Waals surface area (Å²) < 4.78 is 5.61. The lowest BCUT2D eigenvalue weighted by molar-refractivity contribution is 0.00953. The van der Waals surface area contributed by atoms with Crippen LogP contribution in [0.1, 0.15) is 43.4 Å². The highest BCUT2D eigenvalue weighted by Crippen LogP contribution is 2.35. The number of hydrogen-bond donors (Lipinski definition) is 1. The van der Waals surface area contributed by atoms with Gasteiger partial charge in [0.2, 0.25) is 0 Å². The van der Waals surface area contributed by atoms with Crippen molar-refractivity contribution in [2.24, 2.45) is 0 Å². The molecule has 0 saturated carbocycles.